The highest BCUT2D eigenvalue weighted by Gasteiger charge is 2.36. The van der Waals surface area contributed by atoms with Crippen LogP contribution in [-0.4, -0.2) is 23.1 Å². The lowest BCUT2D eigenvalue weighted by atomic mass is 9.80. The van der Waals surface area contributed by atoms with Crippen molar-refractivity contribution in [2.75, 3.05) is 0 Å². The van der Waals surface area contributed by atoms with E-state index in [-0.39, 0.29) is 22.5 Å². The van der Waals surface area contributed by atoms with Crippen molar-refractivity contribution < 1.29 is 8.42 Å². The molecule has 0 saturated heterocycles. The third-order valence-corrected chi connectivity index (χ3v) is 6.61. The average Bonchev–Trinajstić information content (AvgIpc) is 2.53. The zero-order valence-corrected chi connectivity index (χ0v) is 15.5. The second kappa shape index (κ2) is 6.10. The van der Waals surface area contributed by atoms with Crippen molar-refractivity contribution in [2.24, 2.45) is 0 Å². The molecule has 0 amide bonds. The normalized spacial score (nSPS) is 16.8. The van der Waals surface area contributed by atoms with Gasteiger partial charge in [0.15, 0.2) is 0 Å². The molecule has 1 aliphatic rings. The maximum absolute atomic E-state index is 12.7. The van der Waals surface area contributed by atoms with Gasteiger partial charge in [0.2, 0.25) is 10.0 Å². The van der Waals surface area contributed by atoms with Gasteiger partial charge in [-0.05, 0) is 58.2 Å². The first-order valence-electron chi connectivity index (χ1n) is 8.54. The van der Waals surface area contributed by atoms with Gasteiger partial charge in [0, 0.05) is 18.6 Å². The monoisotopic (exact) mass is 365 g/mol. The Kier molecular flexibility index (Phi) is 4.36. The molecule has 1 N–H and O–H groups in total. The molecule has 0 unspecified atom stereocenters. The summed E-state index contributed by atoms with van der Waals surface area (Å²) >= 11 is 0. The molecule has 3 rings (SSSR count). The summed E-state index contributed by atoms with van der Waals surface area (Å²) in [5.41, 5.74) is -0.798. The molecule has 0 spiro atoms. The van der Waals surface area contributed by atoms with Gasteiger partial charge in [0.05, 0.1) is 15.8 Å². The van der Waals surface area contributed by atoms with Crippen molar-refractivity contribution in [3.8, 4) is 0 Å². The van der Waals surface area contributed by atoms with Crippen molar-refractivity contribution in [1.29, 1.82) is 0 Å². The first-order valence-corrected chi connectivity index (χ1v) is 10.0. The Balaban J connectivity index is 2.20. The number of aryl methyl sites for hydroxylation is 1. The maximum Gasteiger partial charge on any atom is 0.331 e. The Labute approximate surface area is 146 Å². The molecule has 1 aromatic carbocycles. The van der Waals surface area contributed by atoms with Gasteiger partial charge in [-0.2, -0.15) is 0 Å². The van der Waals surface area contributed by atoms with E-state index in [0.29, 0.717) is 12.1 Å². The maximum atomic E-state index is 12.7. The summed E-state index contributed by atoms with van der Waals surface area (Å²) in [6.45, 7) is 6.05. The highest BCUT2D eigenvalue weighted by atomic mass is 32.2. The van der Waals surface area contributed by atoms with E-state index >= 15 is 0 Å². The van der Waals surface area contributed by atoms with Gasteiger partial charge < -0.3 is 0 Å². The summed E-state index contributed by atoms with van der Waals surface area (Å²) < 4.78 is 30.7. The number of sulfonamides is 1. The zero-order chi connectivity index (χ0) is 18.4. The Hall–Kier alpha value is -1.93. The van der Waals surface area contributed by atoms with E-state index in [0.717, 1.165) is 23.8 Å². The molecular formula is C17H23N3O4S. The van der Waals surface area contributed by atoms with E-state index in [9.17, 15) is 18.0 Å². The number of nitrogens with zero attached hydrogens (tertiary/aromatic N) is 2. The van der Waals surface area contributed by atoms with Gasteiger partial charge in [0.25, 0.3) is 5.56 Å². The molecule has 25 heavy (non-hydrogen) atoms. The smallest absolute Gasteiger partial charge is 0.293 e. The van der Waals surface area contributed by atoms with E-state index in [2.05, 4.69) is 4.72 Å². The molecular weight excluding hydrogens is 342 g/mol. The molecule has 2 aromatic rings. The topological polar surface area (TPSA) is 90.2 Å². The van der Waals surface area contributed by atoms with Crippen LogP contribution in [0.5, 0.6) is 0 Å². The summed E-state index contributed by atoms with van der Waals surface area (Å²) in [4.78, 5) is 25.0. The number of nitrogens with one attached hydrogen (secondary N) is 1. The lowest BCUT2D eigenvalue weighted by Gasteiger charge is -2.38. The third-order valence-electron chi connectivity index (χ3n) is 4.98. The van der Waals surface area contributed by atoms with Gasteiger partial charge in [-0.3, -0.25) is 13.9 Å². The lowest BCUT2D eigenvalue weighted by molar-refractivity contribution is 0.248. The SMILES string of the molecule is CCn1c(=O)c2cc(S(=O)(=O)NC3(C)CCC3)ccc2n(CC)c1=O. The number of aromatic nitrogens is 2. The van der Waals surface area contributed by atoms with Gasteiger partial charge >= 0.3 is 5.69 Å². The molecule has 1 aromatic heterocycles. The van der Waals surface area contributed by atoms with Gasteiger partial charge in [-0.1, -0.05) is 0 Å². The van der Waals surface area contributed by atoms with Crippen LogP contribution in [0, 0.1) is 0 Å². The fourth-order valence-corrected chi connectivity index (χ4v) is 4.84. The quantitative estimate of drug-likeness (QED) is 0.868. The number of hydrogen-bond donors (Lipinski definition) is 1. The van der Waals surface area contributed by atoms with Crippen LogP contribution in [0.1, 0.15) is 40.0 Å². The molecule has 1 saturated carbocycles. The molecule has 0 bridgehead atoms. The van der Waals surface area contributed by atoms with Crippen LogP contribution >= 0.6 is 0 Å². The van der Waals surface area contributed by atoms with Crippen LogP contribution in [0.25, 0.3) is 10.9 Å². The Morgan fingerprint density at radius 1 is 1.12 bits per heavy atom. The lowest BCUT2D eigenvalue weighted by Crippen LogP contribution is -2.50. The van der Waals surface area contributed by atoms with Gasteiger partial charge in [-0.15, -0.1) is 0 Å². The van der Waals surface area contributed by atoms with Crippen molar-refractivity contribution >= 4 is 20.9 Å². The Morgan fingerprint density at radius 2 is 1.76 bits per heavy atom. The molecule has 7 nitrogen and oxygen atoms in total. The van der Waals surface area contributed by atoms with Crippen LogP contribution in [-0.2, 0) is 23.1 Å². The third kappa shape index (κ3) is 2.93. The predicted octanol–water partition coefficient (Wildman–Crippen LogP) is 1.42. The van der Waals surface area contributed by atoms with Crippen LogP contribution in [0.3, 0.4) is 0 Å². The van der Waals surface area contributed by atoms with E-state index < -0.39 is 21.1 Å². The molecule has 1 heterocycles. The molecule has 1 aliphatic carbocycles. The Bertz CT molecular complexity index is 1050. The van der Waals surface area contributed by atoms with E-state index in [1.807, 2.05) is 13.8 Å². The number of benzene rings is 1. The number of hydrogen-bond acceptors (Lipinski definition) is 4. The predicted molar refractivity (Wildman–Crippen MR) is 96.4 cm³/mol. The first kappa shape index (κ1) is 17.9. The minimum Gasteiger partial charge on any atom is -0.293 e. The molecule has 0 radical (unpaired) electrons. The fourth-order valence-electron chi connectivity index (χ4n) is 3.35. The summed E-state index contributed by atoms with van der Waals surface area (Å²) in [5, 5.41) is 0.241. The van der Waals surface area contributed by atoms with Gasteiger partial charge in [-0.25, -0.2) is 17.9 Å². The summed E-state index contributed by atoms with van der Waals surface area (Å²) in [5.74, 6) is 0. The van der Waals surface area contributed by atoms with Crippen molar-refractivity contribution in [3.63, 3.8) is 0 Å². The molecule has 0 aliphatic heterocycles. The molecule has 1 fully saturated rings. The van der Waals surface area contributed by atoms with Gasteiger partial charge in [0.1, 0.15) is 0 Å². The van der Waals surface area contributed by atoms with E-state index in [1.165, 1.54) is 16.7 Å². The van der Waals surface area contributed by atoms with Crippen LogP contribution in [0.4, 0.5) is 0 Å². The Morgan fingerprint density at radius 3 is 2.28 bits per heavy atom. The molecule has 8 heteroatoms. The molecule has 0 atom stereocenters. The van der Waals surface area contributed by atoms with Crippen molar-refractivity contribution in [2.45, 2.75) is 63.6 Å². The molecule has 136 valence electrons. The van der Waals surface area contributed by atoms with E-state index in [4.69, 9.17) is 0 Å². The van der Waals surface area contributed by atoms with Crippen LogP contribution in [0.2, 0.25) is 0 Å². The fraction of sp³-hybridized carbons (Fsp3) is 0.529. The highest BCUT2D eigenvalue weighted by Crippen LogP contribution is 2.32. The van der Waals surface area contributed by atoms with E-state index in [1.54, 1.807) is 13.0 Å². The highest BCUT2D eigenvalue weighted by molar-refractivity contribution is 7.89. The minimum absolute atomic E-state index is 0.0502. The first-order chi connectivity index (χ1) is 11.7. The van der Waals surface area contributed by atoms with Crippen LogP contribution < -0.4 is 16.0 Å². The largest absolute Gasteiger partial charge is 0.331 e. The standard InChI is InChI=1S/C17H23N3O4S/c1-4-19-14-8-7-12(25(23,24)18-17(3)9-6-10-17)11-13(14)15(21)20(5-2)16(19)22/h7-8,11,18H,4-6,9-10H2,1-3H3. The number of fused-ring (bicyclic) bond motifs is 1. The summed E-state index contributed by atoms with van der Waals surface area (Å²) in [7, 11) is -3.72. The zero-order valence-electron chi connectivity index (χ0n) is 14.7. The van der Waals surface area contributed by atoms with Crippen LogP contribution in [0.15, 0.2) is 32.7 Å². The summed E-state index contributed by atoms with van der Waals surface area (Å²) in [6.07, 6.45) is 2.61. The second-order valence-electron chi connectivity index (χ2n) is 6.77. The summed E-state index contributed by atoms with van der Waals surface area (Å²) in [6, 6.07) is 4.37. The van der Waals surface area contributed by atoms with Crippen molar-refractivity contribution in [1.82, 2.24) is 13.9 Å². The average molecular weight is 365 g/mol. The minimum atomic E-state index is -3.72. The second-order valence-corrected chi connectivity index (χ2v) is 8.46. The number of rotatable bonds is 5. The van der Waals surface area contributed by atoms with Crippen molar-refractivity contribution in [3.05, 3.63) is 39.0 Å².